The number of nitrogens with one attached hydrogen (secondary N) is 1. The fourth-order valence-electron chi connectivity index (χ4n) is 2.62. The summed E-state index contributed by atoms with van der Waals surface area (Å²) >= 11 is 1.59. The normalized spacial score (nSPS) is 18.1. The number of rotatable bonds is 3. The number of aromatic nitrogens is 1. The Morgan fingerprint density at radius 2 is 2.20 bits per heavy atom. The first kappa shape index (κ1) is 13.6. The van der Waals surface area contributed by atoms with Crippen molar-refractivity contribution in [1.82, 2.24) is 10.3 Å². The van der Waals surface area contributed by atoms with Gasteiger partial charge in [0.25, 0.3) is 0 Å². The van der Waals surface area contributed by atoms with Crippen LogP contribution in [0, 0.1) is 11.6 Å². The van der Waals surface area contributed by atoms with Crippen LogP contribution in [0.4, 0.5) is 8.78 Å². The van der Waals surface area contributed by atoms with Crippen molar-refractivity contribution in [1.29, 1.82) is 0 Å². The molecule has 0 amide bonds. The molecular weight excluding hydrogens is 278 g/mol. The molecule has 106 valence electrons. The third kappa shape index (κ3) is 2.47. The Morgan fingerprint density at radius 1 is 1.35 bits per heavy atom. The van der Waals surface area contributed by atoms with Crippen molar-refractivity contribution in [2.24, 2.45) is 0 Å². The first-order valence-electron chi connectivity index (χ1n) is 6.87. The van der Waals surface area contributed by atoms with Crippen LogP contribution in [0.2, 0.25) is 0 Å². The Labute approximate surface area is 120 Å². The molecule has 1 aliphatic rings. The Hall–Kier alpha value is -1.33. The Balaban J connectivity index is 1.97. The molecule has 2 nitrogen and oxygen atoms in total. The van der Waals surface area contributed by atoms with Crippen LogP contribution in [-0.4, -0.2) is 11.5 Å². The number of halogens is 2. The molecule has 20 heavy (non-hydrogen) atoms. The second-order valence-corrected chi connectivity index (χ2v) is 6.04. The van der Waals surface area contributed by atoms with E-state index in [1.165, 1.54) is 10.9 Å². The van der Waals surface area contributed by atoms with E-state index < -0.39 is 11.6 Å². The summed E-state index contributed by atoms with van der Waals surface area (Å²) in [6.07, 6.45) is 3.25. The van der Waals surface area contributed by atoms with Crippen LogP contribution in [-0.2, 0) is 6.42 Å². The third-order valence-corrected chi connectivity index (χ3v) is 4.75. The second-order valence-electron chi connectivity index (χ2n) is 4.96. The minimum atomic E-state index is -0.820. The van der Waals surface area contributed by atoms with Crippen LogP contribution in [0.15, 0.2) is 18.2 Å². The van der Waals surface area contributed by atoms with Crippen molar-refractivity contribution < 1.29 is 8.78 Å². The molecule has 2 aromatic rings. The molecule has 0 fully saturated rings. The predicted molar refractivity (Wildman–Crippen MR) is 76.8 cm³/mol. The molecule has 5 heteroatoms. The molecule has 3 rings (SSSR count). The Kier molecular flexibility index (Phi) is 3.81. The summed E-state index contributed by atoms with van der Waals surface area (Å²) in [4.78, 5) is 5.92. The number of hydrogen-bond donors (Lipinski definition) is 1. The molecule has 1 heterocycles. The number of hydrogen-bond acceptors (Lipinski definition) is 3. The van der Waals surface area contributed by atoms with Crippen LogP contribution < -0.4 is 5.32 Å². The SMILES string of the molecule is CCNC1CCCc2sc(-c3ccc(F)c(F)c3)nc21. The largest absolute Gasteiger partial charge is 0.309 e. The van der Waals surface area contributed by atoms with E-state index >= 15 is 0 Å². The summed E-state index contributed by atoms with van der Waals surface area (Å²) < 4.78 is 26.3. The van der Waals surface area contributed by atoms with E-state index in [1.54, 1.807) is 17.4 Å². The molecule has 1 atom stereocenters. The highest BCUT2D eigenvalue weighted by Gasteiger charge is 2.24. The van der Waals surface area contributed by atoms with Gasteiger partial charge in [-0.2, -0.15) is 0 Å². The Morgan fingerprint density at radius 3 is 2.95 bits per heavy atom. The van der Waals surface area contributed by atoms with Gasteiger partial charge >= 0.3 is 0 Å². The van der Waals surface area contributed by atoms with Gasteiger partial charge in [0.05, 0.1) is 11.7 Å². The maximum atomic E-state index is 13.3. The maximum Gasteiger partial charge on any atom is 0.159 e. The van der Waals surface area contributed by atoms with Gasteiger partial charge in [0.2, 0.25) is 0 Å². The van der Waals surface area contributed by atoms with Gasteiger partial charge in [-0.3, -0.25) is 0 Å². The fraction of sp³-hybridized carbons (Fsp3) is 0.400. The average molecular weight is 294 g/mol. The van der Waals surface area contributed by atoms with Crippen molar-refractivity contribution in [3.05, 3.63) is 40.4 Å². The molecule has 1 N–H and O–H groups in total. The van der Waals surface area contributed by atoms with Gasteiger partial charge in [-0.25, -0.2) is 13.8 Å². The monoisotopic (exact) mass is 294 g/mol. The number of nitrogens with zero attached hydrogens (tertiary/aromatic N) is 1. The summed E-state index contributed by atoms with van der Waals surface area (Å²) in [6, 6.07) is 4.26. The van der Waals surface area contributed by atoms with Gasteiger partial charge in [-0.05, 0) is 44.0 Å². The van der Waals surface area contributed by atoms with E-state index in [9.17, 15) is 8.78 Å². The topological polar surface area (TPSA) is 24.9 Å². The van der Waals surface area contributed by atoms with E-state index in [0.717, 1.165) is 42.6 Å². The Bertz CT molecular complexity index is 624. The van der Waals surface area contributed by atoms with Crippen LogP contribution in [0.1, 0.15) is 36.4 Å². The molecule has 0 saturated carbocycles. The highest BCUT2D eigenvalue weighted by Crippen LogP contribution is 2.37. The molecular formula is C15H16F2N2S. The average Bonchev–Trinajstić information content (AvgIpc) is 2.87. The minimum Gasteiger partial charge on any atom is -0.309 e. The lowest BCUT2D eigenvalue weighted by molar-refractivity contribution is 0.465. The first-order valence-corrected chi connectivity index (χ1v) is 7.69. The predicted octanol–water partition coefficient (Wildman–Crippen LogP) is 4.08. The van der Waals surface area contributed by atoms with Crippen LogP contribution in [0.3, 0.4) is 0 Å². The molecule has 0 spiro atoms. The summed E-state index contributed by atoms with van der Waals surface area (Å²) in [5.41, 5.74) is 1.74. The third-order valence-electron chi connectivity index (χ3n) is 3.57. The molecule has 0 saturated heterocycles. The highest BCUT2D eigenvalue weighted by atomic mass is 32.1. The van der Waals surface area contributed by atoms with E-state index in [2.05, 4.69) is 17.2 Å². The first-order chi connectivity index (χ1) is 9.69. The van der Waals surface area contributed by atoms with Gasteiger partial charge in [-0.1, -0.05) is 6.92 Å². The van der Waals surface area contributed by atoms with Gasteiger partial charge in [0.1, 0.15) is 5.01 Å². The van der Waals surface area contributed by atoms with E-state index in [0.29, 0.717) is 11.6 Å². The van der Waals surface area contributed by atoms with Crippen LogP contribution >= 0.6 is 11.3 Å². The quantitative estimate of drug-likeness (QED) is 0.923. The molecule has 0 radical (unpaired) electrons. The summed E-state index contributed by atoms with van der Waals surface area (Å²) in [5, 5.41) is 4.21. The summed E-state index contributed by atoms with van der Waals surface area (Å²) in [6.45, 7) is 2.99. The van der Waals surface area contributed by atoms with E-state index in [-0.39, 0.29) is 0 Å². The summed E-state index contributed by atoms with van der Waals surface area (Å²) in [7, 11) is 0. The second kappa shape index (κ2) is 5.58. The number of benzene rings is 1. The lowest BCUT2D eigenvalue weighted by Gasteiger charge is -2.21. The molecule has 1 unspecified atom stereocenters. The lowest BCUT2D eigenvalue weighted by atomic mass is 9.97. The summed E-state index contributed by atoms with van der Waals surface area (Å²) in [5.74, 6) is -1.64. The fourth-order valence-corrected chi connectivity index (χ4v) is 3.78. The molecule has 0 bridgehead atoms. The standard InChI is InChI=1S/C15H16F2N2S/c1-2-18-12-4-3-5-13-14(12)19-15(20-13)9-6-7-10(16)11(17)8-9/h6-8,12,18H,2-5H2,1H3. The van der Waals surface area contributed by atoms with Crippen molar-refractivity contribution in [2.45, 2.75) is 32.2 Å². The van der Waals surface area contributed by atoms with Gasteiger partial charge in [-0.15, -0.1) is 11.3 Å². The van der Waals surface area contributed by atoms with Crippen molar-refractivity contribution in [2.75, 3.05) is 6.54 Å². The van der Waals surface area contributed by atoms with Crippen LogP contribution in [0.25, 0.3) is 10.6 Å². The van der Waals surface area contributed by atoms with Crippen molar-refractivity contribution in [3.63, 3.8) is 0 Å². The van der Waals surface area contributed by atoms with Crippen LogP contribution in [0.5, 0.6) is 0 Å². The zero-order valence-electron chi connectivity index (χ0n) is 11.2. The van der Waals surface area contributed by atoms with Gasteiger partial charge in [0.15, 0.2) is 11.6 Å². The zero-order chi connectivity index (χ0) is 14.1. The van der Waals surface area contributed by atoms with Crippen molar-refractivity contribution >= 4 is 11.3 Å². The number of thiazole rings is 1. The van der Waals surface area contributed by atoms with E-state index in [1.807, 2.05) is 0 Å². The van der Waals surface area contributed by atoms with Gasteiger partial charge in [0, 0.05) is 10.4 Å². The molecule has 1 aromatic heterocycles. The molecule has 0 aliphatic heterocycles. The van der Waals surface area contributed by atoms with Crippen molar-refractivity contribution in [3.8, 4) is 10.6 Å². The van der Waals surface area contributed by atoms with E-state index in [4.69, 9.17) is 0 Å². The lowest BCUT2D eigenvalue weighted by Crippen LogP contribution is -2.24. The number of fused-ring (bicyclic) bond motifs is 1. The highest BCUT2D eigenvalue weighted by molar-refractivity contribution is 7.15. The number of aryl methyl sites for hydroxylation is 1. The molecule has 1 aliphatic carbocycles. The maximum absolute atomic E-state index is 13.3. The smallest absolute Gasteiger partial charge is 0.159 e. The van der Waals surface area contributed by atoms with Gasteiger partial charge < -0.3 is 5.32 Å². The zero-order valence-corrected chi connectivity index (χ0v) is 12.1. The minimum absolute atomic E-state index is 0.291. The molecule has 1 aromatic carbocycles.